The first-order valence-electron chi connectivity index (χ1n) is 10.7. The number of nitrogens with one attached hydrogen (secondary N) is 2. The quantitative estimate of drug-likeness (QED) is 0.384. The molecule has 0 unspecified atom stereocenters. The van der Waals surface area contributed by atoms with E-state index in [1.165, 1.54) is 0 Å². The zero-order chi connectivity index (χ0) is 23.4. The van der Waals surface area contributed by atoms with Crippen molar-refractivity contribution in [2.75, 3.05) is 10.6 Å². The lowest BCUT2D eigenvalue weighted by atomic mass is 9.81. The molecule has 0 saturated heterocycles. The Morgan fingerprint density at radius 2 is 1.61 bits per heavy atom. The van der Waals surface area contributed by atoms with Gasteiger partial charge in [0.1, 0.15) is 11.6 Å². The van der Waals surface area contributed by atoms with Crippen molar-refractivity contribution in [3.05, 3.63) is 65.3 Å². The van der Waals surface area contributed by atoms with E-state index in [1.54, 1.807) is 23.5 Å². The predicted octanol–water partition coefficient (Wildman–Crippen LogP) is 6.48. The van der Waals surface area contributed by atoms with Gasteiger partial charge in [-0.3, -0.25) is 4.79 Å². The minimum absolute atomic E-state index is 0.0239. The SMILES string of the molecule is O=C(O)CC1CCC(c2ncc(-c3ccc(NC(=O)Nc4cc(F)cc(F)c4)cc3)s2)CC1. The van der Waals surface area contributed by atoms with Crippen LogP contribution in [0.25, 0.3) is 10.4 Å². The van der Waals surface area contributed by atoms with Crippen molar-refractivity contribution in [3.8, 4) is 10.4 Å². The lowest BCUT2D eigenvalue weighted by molar-refractivity contribution is -0.138. The van der Waals surface area contributed by atoms with E-state index in [4.69, 9.17) is 5.11 Å². The molecule has 2 amide bonds. The molecular weight excluding hydrogens is 448 g/mol. The molecule has 3 aromatic rings. The number of aromatic nitrogens is 1. The number of thiazole rings is 1. The summed E-state index contributed by atoms with van der Waals surface area (Å²) in [7, 11) is 0. The Hall–Kier alpha value is -3.33. The van der Waals surface area contributed by atoms with Crippen molar-refractivity contribution >= 4 is 34.7 Å². The lowest BCUT2D eigenvalue weighted by Gasteiger charge is -2.26. The van der Waals surface area contributed by atoms with E-state index in [2.05, 4.69) is 15.6 Å². The fourth-order valence-electron chi connectivity index (χ4n) is 4.11. The Labute approximate surface area is 193 Å². The summed E-state index contributed by atoms with van der Waals surface area (Å²) in [5, 5.41) is 15.1. The molecule has 1 aliphatic rings. The van der Waals surface area contributed by atoms with E-state index in [0.29, 0.717) is 11.6 Å². The number of halogens is 2. The first-order chi connectivity index (χ1) is 15.9. The van der Waals surface area contributed by atoms with Crippen LogP contribution in [0, 0.1) is 17.6 Å². The van der Waals surface area contributed by atoms with Crippen molar-refractivity contribution in [3.63, 3.8) is 0 Å². The Morgan fingerprint density at radius 1 is 0.970 bits per heavy atom. The Balaban J connectivity index is 1.33. The van der Waals surface area contributed by atoms with Crippen molar-refractivity contribution in [1.82, 2.24) is 4.98 Å². The van der Waals surface area contributed by atoms with Crippen LogP contribution < -0.4 is 10.6 Å². The number of carboxylic acids is 1. The average Bonchev–Trinajstić information content (AvgIpc) is 3.24. The summed E-state index contributed by atoms with van der Waals surface area (Å²) in [5.41, 5.74) is 1.53. The first kappa shape index (κ1) is 22.8. The fourth-order valence-corrected chi connectivity index (χ4v) is 5.20. The van der Waals surface area contributed by atoms with Crippen molar-refractivity contribution < 1.29 is 23.5 Å². The molecule has 1 aromatic heterocycles. The number of nitrogens with zero attached hydrogens (tertiary/aromatic N) is 1. The van der Waals surface area contributed by atoms with Crippen LogP contribution in [0.15, 0.2) is 48.7 Å². The van der Waals surface area contributed by atoms with Gasteiger partial charge in [-0.1, -0.05) is 12.1 Å². The number of benzene rings is 2. The van der Waals surface area contributed by atoms with Crippen LogP contribution in [-0.4, -0.2) is 22.1 Å². The molecule has 0 radical (unpaired) electrons. The van der Waals surface area contributed by atoms with Crippen molar-refractivity contribution in [1.29, 1.82) is 0 Å². The Morgan fingerprint density at radius 3 is 2.24 bits per heavy atom. The zero-order valence-corrected chi connectivity index (χ0v) is 18.5. The maximum absolute atomic E-state index is 13.3. The summed E-state index contributed by atoms with van der Waals surface area (Å²) in [6.07, 6.45) is 5.83. The molecule has 0 bridgehead atoms. The number of aliphatic carboxylic acids is 1. The molecule has 0 aliphatic heterocycles. The molecule has 0 spiro atoms. The van der Waals surface area contributed by atoms with Crippen LogP contribution in [0.3, 0.4) is 0 Å². The summed E-state index contributed by atoms with van der Waals surface area (Å²) in [6, 6.07) is 9.44. The normalized spacial score (nSPS) is 18.0. The zero-order valence-electron chi connectivity index (χ0n) is 17.7. The molecular formula is C24H23F2N3O3S. The van der Waals surface area contributed by atoms with Gasteiger partial charge in [0.15, 0.2) is 0 Å². The van der Waals surface area contributed by atoms with Crippen LogP contribution in [0.2, 0.25) is 0 Å². The maximum Gasteiger partial charge on any atom is 0.323 e. The number of carboxylic acid groups (broad SMARTS) is 1. The molecule has 33 heavy (non-hydrogen) atoms. The van der Waals surface area contributed by atoms with Crippen LogP contribution in [0.5, 0.6) is 0 Å². The number of amides is 2. The molecule has 9 heteroatoms. The van der Waals surface area contributed by atoms with Crippen LogP contribution >= 0.6 is 11.3 Å². The van der Waals surface area contributed by atoms with Gasteiger partial charge in [0.05, 0.1) is 9.88 Å². The predicted molar refractivity (Wildman–Crippen MR) is 124 cm³/mol. The highest BCUT2D eigenvalue weighted by Gasteiger charge is 2.26. The molecule has 1 heterocycles. The van der Waals surface area contributed by atoms with E-state index in [0.717, 1.165) is 59.3 Å². The minimum Gasteiger partial charge on any atom is -0.481 e. The highest BCUT2D eigenvalue weighted by molar-refractivity contribution is 7.15. The number of rotatable bonds is 6. The van der Waals surface area contributed by atoms with Gasteiger partial charge in [-0.05, 0) is 61.4 Å². The summed E-state index contributed by atoms with van der Waals surface area (Å²) in [4.78, 5) is 28.6. The van der Waals surface area contributed by atoms with E-state index in [1.807, 2.05) is 18.3 Å². The van der Waals surface area contributed by atoms with Crippen LogP contribution in [0.4, 0.5) is 25.0 Å². The second kappa shape index (κ2) is 10.1. The summed E-state index contributed by atoms with van der Waals surface area (Å²) < 4.78 is 26.5. The molecule has 172 valence electrons. The van der Waals surface area contributed by atoms with Gasteiger partial charge >= 0.3 is 12.0 Å². The van der Waals surface area contributed by atoms with E-state index >= 15 is 0 Å². The van der Waals surface area contributed by atoms with Crippen molar-refractivity contribution in [2.45, 2.75) is 38.0 Å². The number of hydrogen-bond donors (Lipinski definition) is 3. The van der Waals surface area contributed by atoms with Crippen molar-refractivity contribution in [2.24, 2.45) is 5.92 Å². The average molecular weight is 472 g/mol. The number of carbonyl (C=O) groups excluding carboxylic acids is 1. The third-order valence-corrected chi connectivity index (χ3v) is 6.94. The fraction of sp³-hybridized carbons (Fsp3) is 0.292. The lowest BCUT2D eigenvalue weighted by Crippen LogP contribution is -2.19. The third kappa shape index (κ3) is 6.13. The van der Waals surface area contributed by atoms with Gasteiger partial charge in [0.25, 0.3) is 0 Å². The summed E-state index contributed by atoms with van der Waals surface area (Å²) >= 11 is 1.63. The first-order valence-corrected chi connectivity index (χ1v) is 11.5. The molecule has 0 atom stereocenters. The minimum atomic E-state index is -0.771. The van der Waals surface area contributed by atoms with E-state index < -0.39 is 23.6 Å². The third-order valence-electron chi connectivity index (χ3n) is 5.73. The molecule has 1 fully saturated rings. The molecule has 4 rings (SSSR count). The van der Waals surface area contributed by atoms with Gasteiger partial charge in [0, 0.05) is 36.0 Å². The molecule has 2 aromatic carbocycles. The second-order valence-electron chi connectivity index (χ2n) is 8.19. The highest BCUT2D eigenvalue weighted by Crippen LogP contribution is 2.40. The number of hydrogen-bond acceptors (Lipinski definition) is 4. The van der Waals surface area contributed by atoms with Crippen LogP contribution in [-0.2, 0) is 4.79 Å². The van der Waals surface area contributed by atoms with E-state index in [9.17, 15) is 18.4 Å². The monoisotopic (exact) mass is 471 g/mol. The number of carbonyl (C=O) groups is 2. The van der Waals surface area contributed by atoms with Gasteiger partial charge in [0.2, 0.25) is 0 Å². The molecule has 1 saturated carbocycles. The standard InChI is InChI=1S/C24H23F2N3O3S/c25-17-10-18(26)12-20(11-17)29-24(32)28-19-7-5-15(6-8-19)21-13-27-23(33-21)16-3-1-14(2-4-16)9-22(30)31/h5-8,10-14,16H,1-4,9H2,(H,30,31)(H2,28,29,32). The van der Waals surface area contributed by atoms with E-state index in [-0.39, 0.29) is 18.0 Å². The smallest absolute Gasteiger partial charge is 0.323 e. The number of anilines is 2. The summed E-state index contributed by atoms with van der Waals surface area (Å²) in [5.74, 6) is -1.64. The molecule has 6 nitrogen and oxygen atoms in total. The summed E-state index contributed by atoms with van der Waals surface area (Å²) in [6.45, 7) is 0. The largest absolute Gasteiger partial charge is 0.481 e. The Bertz CT molecular complexity index is 1120. The Kier molecular flexibility index (Phi) is 6.98. The second-order valence-corrected chi connectivity index (χ2v) is 9.26. The molecule has 3 N–H and O–H groups in total. The topological polar surface area (TPSA) is 91.3 Å². The highest BCUT2D eigenvalue weighted by atomic mass is 32.1. The van der Waals surface area contributed by atoms with Gasteiger partial charge in [-0.2, -0.15) is 0 Å². The van der Waals surface area contributed by atoms with Crippen LogP contribution in [0.1, 0.15) is 43.0 Å². The molecule has 1 aliphatic carbocycles. The maximum atomic E-state index is 13.3. The van der Waals surface area contributed by atoms with Gasteiger partial charge in [-0.25, -0.2) is 18.6 Å². The van der Waals surface area contributed by atoms with Gasteiger partial charge < -0.3 is 15.7 Å². The number of urea groups is 1. The van der Waals surface area contributed by atoms with Gasteiger partial charge in [-0.15, -0.1) is 11.3 Å².